The van der Waals surface area contributed by atoms with Gasteiger partial charge in [-0.25, -0.2) is 4.79 Å². The monoisotopic (exact) mass is 184 g/mol. The smallest absolute Gasteiger partial charge is 0.479 e. The van der Waals surface area contributed by atoms with E-state index in [9.17, 15) is 17.7 Å². The average molecular weight is 184 g/mol. The van der Waals surface area contributed by atoms with Gasteiger partial charge in [-0.15, -0.1) is 0 Å². The normalized spacial score (nSPS) is 21.1. The van der Waals surface area contributed by atoms with Crippen LogP contribution in [0.2, 0.25) is 0 Å². The molecule has 1 heterocycles. The Hall–Kier alpha value is -0.715. The Morgan fingerprint density at radius 3 is 2.17 bits per heavy atom. The summed E-state index contributed by atoms with van der Waals surface area (Å²) in [6.45, 7) is 0.608. The second-order valence-corrected chi connectivity index (χ2v) is 2.09. The molecule has 7 heteroatoms. The second kappa shape index (κ2) is 5.88. The zero-order chi connectivity index (χ0) is 9.56. The first-order valence-corrected chi connectivity index (χ1v) is 3.30. The third-order valence-electron chi connectivity index (χ3n) is 1.21. The summed E-state index contributed by atoms with van der Waals surface area (Å²) in [6, 6.07) is 0. The van der Waals surface area contributed by atoms with Crippen molar-refractivity contribution in [2.45, 2.75) is 18.9 Å². The molecule has 1 rings (SSSR count). The lowest BCUT2D eigenvalue weighted by atomic mass is 10.2. The van der Waals surface area contributed by atoms with Gasteiger partial charge in [-0.2, -0.15) is 0 Å². The first kappa shape index (κ1) is 11.3. The lowest BCUT2D eigenvalue weighted by Crippen LogP contribution is -2.17. The summed E-state index contributed by atoms with van der Waals surface area (Å²) < 4.78 is 33.8. The van der Waals surface area contributed by atoms with Gasteiger partial charge in [0.15, 0.2) is 6.10 Å². The minimum absolute atomic E-state index is 0.519. The van der Waals surface area contributed by atoms with Crippen LogP contribution in [0.15, 0.2) is 0 Å². The first-order chi connectivity index (χ1) is 5.54. The minimum atomic E-state index is -3.67. The van der Waals surface area contributed by atoms with Crippen LogP contribution in [-0.2, 0) is 9.53 Å². The number of carboxylic acid groups (broad SMARTS) is 1. The number of carbonyl (C=O) groups is 1. The molecule has 0 saturated carbocycles. The number of rotatable bonds is 1. The molecule has 0 spiro atoms. The molecule has 12 heavy (non-hydrogen) atoms. The number of hydrogen-bond donors (Lipinski definition) is 1. The predicted molar refractivity (Wildman–Crippen MR) is 35.7 cm³/mol. The molecule has 1 aliphatic rings. The average Bonchev–Trinajstić information content (AvgIpc) is 2.34. The van der Waals surface area contributed by atoms with Crippen molar-refractivity contribution in [3.05, 3.63) is 0 Å². The van der Waals surface area contributed by atoms with E-state index in [4.69, 9.17) is 9.84 Å². The van der Waals surface area contributed by atoms with E-state index in [1.165, 1.54) is 0 Å². The minimum Gasteiger partial charge on any atom is -0.479 e. The van der Waals surface area contributed by atoms with Crippen molar-refractivity contribution in [2.24, 2.45) is 0 Å². The Labute approximate surface area is 67.7 Å². The zero-order valence-electron chi connectivity index (χ0n) is 6.17. The molecule has 1 saturated heterocycles. The molecule has 0 aromatic heterocycles. The highest BCUT2D eigenvalue weighted by Gasteiger charge is 2.21. The molecule has 0 amide bonds. The van der Waals surface area contributed by atoms with E-state index >= 15 is 0 Å². The van der Waals surface area contributed by atoms with Crippen LogP contribution in [0, 0.1) is 0 Å². The molecule has 1 aliphatic heterocycles. The van der Waals surface area contributed by atoms with E-state index in [-0.39, 0.29) is 0 Å². The number of hydrogen-bond acceptors (Lipinski definition) is 2. The Morgan fingerprint density at radius 1 is 1.50 bits per heavy atom. The number of carboxylic acids is 1. The van der Waals surface area contributed by atoms with Crippen LogP contribution in [0.5, 0.6) is 0 Å². The summed E-state index contributed by atoms with van der Waals surface area (Å²) >= 11 is 0. The SMILES string of the molecule is FB(F)F.O=C(O)C1CCCO1. The van der Waals surface area contributed by atoms with Crippen LogP contribution >= 0.6 is 0 Å². The summed E-state index contributed by atoms with van der Waals surface area (Å²) in [6.07, 6.45) is 1.04. The zero-order valence-corrected chi connectivity index (χ0v) is 6.17. The Morgan fingerprint density at radius 2 is 2.00 bits per heavy atom. The molecule has 0 aliphatic carbocycles. The fourth-order valence-electron chi connectivity index (χ4n) is 0.772. The highest BCUT2D eigenvalue weighted by Crippen LogP contribution is 2.10. The van der Waals surface area contributed by atoms with Crippen molar-refractivity contribution in [1.82, 2.24) is 0 Å². The van der Waals surface area contributed by atoms with Gasteiger partial charge >= 0.3 is 13.5 Å². The molecule has 1 atom stereocenters. The Bertz CT molecular complexity index is 135. The van der Waals surface area contributed by atoms with Gasteiger partial charge < -0.3 is 9.84 Å². The highest BCUT2D eigenvalue weighted by atomic mass is 19.4. The molecular formula is C5H8BF3O3. The molecular weight excluding hydrogens is 176 g/mol. The van der Waals surface area contributed by atoms with Crippen molar-refractivity contribution in [3.63, 3.8) is 0 Å². The van der Waals surface area contributed by atoms with E-state index in [1.807, 2.05) is 0 Å². The van der Waals surface area contributed by atoms with E-state index in [0.29, 0.717) is 13.0 Å². The van der Waals surface area contributed by atoms with Gasteiger partial charge in [0.05, 0.1) is 0 Å². The third-order valence-corrected chi connectivity index (χ3v) is 1.21. The maximum absolute atomic E-state index is 10.1. The van der Waals surface area contributed by atoms with Crippen LogP contribution in [0.1, 0.15) is 12.8 Å². The number of ether oxygens (including phenoxy) is 1. The van der Waals surface area contributed by atoms with E-state index < -0.39 is 19.6 Å². The van der Waals surface area contributed by atoms with Crippen LogP contribution in [0.3, 0.4) is 0 Å². The largest absolute Gasteiger partial charge is 0.762 e. The Balaban J connectivity index is 0.000000261. The van der Waals surface area contributed by atoms with Crippen molar-refractivity contribution in [2.75, 3.05) is 6.61 Å². The molecule has 1 unspecified atom stereocenters. The molecule has 1 fully saturated rings. The van der Waals surface area contributed by atoms with E-state index in [0.717, 1.165) is 6.42 Å². The second-order valence-electron chi connectivity index (χ2n) is 2.09. The molecule has 3 nitrogen and oxygen atoms in total. The lowest BCUT2D eigenvalue weighted by molar-refractivity contribution is -0.147. The molecule has 0 radical (unpaired) electrons. The van der Waals surface area contributed by atoms with Gasteiger partial charge in [-0.3, -0.25) is 12.9 Å². The van der Waals surface area contributed by atoms with Crippen molar-refractivity contribution < 1.29 is 27.6 Å². The maximum atomic E-state index is 10.1. The molecule has 0 aromatic carbocycles. The van der Waals surface area contributed by atoms with Gasteiger partial charge in [0.25, 0.3) is 0 Å². The van der Waals surface area contributed by atoms with Crippen molar-refractivity contribution in [1.29, 1.82) is 0 Å². The lowest BCUT2D eigenvalue weighted by Gasteiger charge is -1.98. The first-order valence-electron chi connectivity index (χ1n) is 3.30. The molecule has 1 N–H and O–H groups in total. The quantitative estimate of drug-likeness (QED) is 0.621. The fourth-order valence-corrected chi connectivity index (χ4v) is 0.772. The molecule has 70 valence electrons. The number of halogens is 3. The third kappa shape index (κ3) is 6.02. The highest BCUT2D eigenvalue weighted by molar-refractivity contribution is 6.33. The van der Waals surface area contributed by atoms with Gasteiger partial charge in [0.1, 0.15) is 0 Å². The van der Waals surface area contributed by atoms with Gasteiger partial charge in [-0.05, 0) is 12.8 Å². The van der Waals surface area contributed by atoms with Crippen LogP contribution in [-0.4, -0.2) is 31.3 Å². The number of aliphatic carboxylic acids is 1. The maximum Gasteiger partial charge on any atom is 0.762 e. The van der Waals surface area contributed by atoms with Crippen LogP contribution in [0.4, 0.5) is 12.9 Å². The summed E-state index contributed by atoms with van der Waals surface area (Å²) in [5.41, 5.74) is 0. The molecule has 0 bridgehead atoms. The fraction of sp³-hybridized carbons (Fsp3) is 0.800. The van der Waals surface area contributed by atoms with Gasteiger partial charge in [-0.1, -0.05) is 0 Å². The summed E-state index contributed by atoms with van der Waals surface area (Å²) in [5.74, 6) is -0.831. The Kier molecular flexibility index (Phi) is 5.52. The predicted octanol–water partition coefficient (Wildman–Crippen LogP) is 1.13. The summed E-state index contributed by atoms with van der Waals surface area (Å²) in [4.78, 5) is 10.1. The van der Waals surface area contributed by atoms with E-state index in [1.54, 1.807) is 0 Å². The van der Waals surface area contributed by atoms with Crippen molar-refractivity contribution >= 4 is 13.5 Å². The van der Waals surface area contributed by atoms with Crippen LogP contribution < -0.4 is 0 Å². The standard InChI is InChI=1S/C5H8O3.BF3/c6-5(7)4-2-1-3-8-4;2-1(3)4/h4H,1-3H2,(H,6,7);. The summed E-state index contributed by atoms with van der Waals surface area (Å²) in [5, 5.41) is 8.29. The molecule has 0 aromatic rings. The summed E-state index contributed by atoms with van der Waals surface area (Å²) in [7, 11) is -3.67. The topological polar surface area (TPSA) is 46.5 Å². The van der Waals surface area contributed by atoms with Crippen molar-refractivity contribution in [3.8, 4) is 0 Å². The van der Waals surface area contributed by atoms with Crippen LogP contribution in [0.25, 0.3) is 0 Å². The van der Waals surface area contributed by atoms with Gasteiger partial charge in [0, 0.05) is 6.61 Å². The van der Waals surface area contributed by atoms with E-state index in [2.05, 4.69) is 0 Å². The van der Waals surface area contributed by atoms with Gasteiger partial charge in [0.2, 0.25) is 0 Å².